The summed E-state index contributed by atoms with van der Waals surface area (Å²) in [5.41, 5.74) is 2.38. The predicted molar refractivity (Wildman–Crippen MR) is 102 cm³/mol. The molecular formula is C19H14N4O3S. The highest BCUT2D eigenvalue weighted by Gasteiger charge is 2.18. The molecular weight excluding hydrogens is 364 g/mol. The van der Waals surface area contributed by atoms with E-state index in [1.165, 1.54) is 11.3 Å². The second kappa shape index (κ2) is 6.40. The highest BCUT2D eigenvalue weighted by atomic mass is 32.1. The van der Waals surface area contributed by atoms with E-state index in [2.05, 4.69) is 15.3 Å². The summed E-state index contributed by atoms with van der Waals surface area (Å²) in [6.45, 7) is 0.328. The SMILES string of the molecule is O=C(Cn1c(-c2nccs2)nc2ccccc21)Nc1ccc2c(c1)OCO2. The maximum atomic E-state index is 12.7. The molecule has 0 fully saturated rings. The smallest absolute Gasteiger partial charge is 0.244 e. The number of imidazole rings is 1. The van der Waals surface area contributed by atoms with Gasteiger partial charge in [-0.1, -0.05) is 12.1 Å². The fraction of sp³-hybridized carbons (Fsp3) is 0.105. The molecule has 2 aromatic carbocycles. The molecule has 0 spiro atoms. The second-order valence-electron chi connectivity index (χ2n) is 5.96. The summed E-state index contributed by atoms with van der Waals surface area (Å²) < 4.78 is 12.5. The first kappa shape index (κ1) is 15.8. The average molecular weight is 378 g/mol. The number of para-hydroxylation sites is 2. The van der Waals surface area contributed by atoms with Crippen LogP contribution in [0.15, 0.2) is 54.0 Å². The van der Waals surface area contributed by atoms with Crippen molar-refractivity contribution in [3.05, 3.63) is 54.0 Å². The number of hydrogen-bond acceptors (Lipinski definition) is 6. The Morgan fingerprint density at radius 2 is 2.07 bits per heavy atom. The van der Waals surface area contributed by atoms with E-state index in [0.717, 1.165) is 16.0 Å². The van der Waals surface area contributed by atoms with Crippen molar-refractivity contribution in [1.82, 2.24) is 14.5 Å². The van der Waals surface area contributed by atoms with Crippen LogP contribution >= 0.6 is 11.3 Å². The van der Waals surface area contributed by atoms with Gasteiger partial charge in [-0.15, -0.1) is 11.3 Å². The largest absolute Gasteiger partial charge is 0.454 e. The molecule has 0 saturated heterocycles. The number of carbonyl (C=O) groups excluding carboxylic acids is 1. The Labute approximate surface area is 158 Å². The molecule has 1 amide bonds. The number of nitrogens with one attached hydrogen (secondary N) is 1. The van der Waals surface area contributed by atoms with Gasteiger partial charge in [0.05, 0.1) is 11.0 Å². The summed E-state index contributed by atoms with van der Waals surface area (Å²) >= 11 is 1.49. The van der Waals surface area contributed by atoms with Crippen LogP contribution in [0.3, 0.4) is 0 Å². The van der Waals surface area contributed by atoms with Crippen molar-refractivity contribution in [3.63, 3.8) is 0 Å². The number of carbonyl (C=O) groups is 1. The Kier molecular flexibility index (Phi) is 3.75. The van der Waals surface area contributed by atoms with Crippen LogP contribution < -0.4 is 14.8 Å². The standard InChI is InChI=1S/C19H14N4O3S/c24-17(21-12-5-6-15-16(9-12)26-11-25-15)10-23-14-4-2-1-3-13(14)22-18(23)19-20-7-8-27-19/h1-9H,10-11H2,(H,21,24). The molecule has 0 saturated carbocycles. The van der Waals surface area contributed by atoms with Crippen LogP contribution in [0.2, 0.25) is 0 Å². The maximum Gasteiger partial charge on any atom is 0.244 e. The second-order valence-corrected chi connectivity index (χ2v) is 6.86. The minimum absolute atomic E-state index is 0.129. The summed E-state index contributed by atoms with van der Waals surface area (Å²) in [6.07, 6.45) is 1.73. The van der Waals surface area contributed by atoms with Gasteiger partial charge in [-0.05, 0) is 24.3 Å². The van der Waals surface area contributed by atoms with Crippen LogP contribution in [0.4, 0.5) is 5.69 Å². The van der Waals surface area contributed by atoms with Crippen LogP contribution in [-0.4, -0.2) is 27.2 Å². The Morgan fingerprint density at radius 1 is 1.19 bits per heavy atom. The molecule has 0 unspecified atom stereocenters. The number of ether oxygens (including phenoxy) is 2. The van der Waals surface area contributed by atoms with Crippen molar-refractivity contribution >= 4 is 34.0 Å². The minimum atomic E-state index is -0.158. The van der Waals surface area contributed by atoms with Gasteiger partial charge in [0.1, 0.15) is 6.54 Å². The lowest BCUT2D eigenvalue weighted by Gasteiger charge is -2.09. The zero-order chi connectivity index (χ0) is 18.2. The summed E-state index contributed by atoms with van der Waals surface area (Å²) in [4.78, 5) is 21.7. The van der Waals surface area contributed by atoms with Gasteiger partial charge in [0.15, 0.2) is 22.3 Å². The first-order valence-corrected chi connectivity index (χ1v) is 9.20. The predicted octanol–water partition coefficient (Wildman–Crippen LogP) is 3.53. The van der Waals surface area contributed by atoms with Crippen LogP contribution in [0.25, 0.3) is 21.9 Å². The van der Waals surface area contributed by atoms with Crippen molar-refractivity contribution in [1.29, 1.82) is 0 Å². The number of hydrogen-bond donors (Lipinski definition) is 1. The molecule has 8 heteroatoms. The Bertz CT molecular complexity index is 1140. The molecule has 7 nitrogen and oxygen atoms in total. The van der Waals surface area contributed by atoms with E-state index in [-0.39, 0.29) is 19.2 Å². The molecule has 134 valence electrons. The van der Waals surface area contributed by atoms with E-state index in [0.29, 0.717) is 23.0 Å². The van der Waals surface area contributed by atoms with Crippen molar-refractivity contribution in [2.24, 2.45) is 0 Å². The monoisotopic (exact) mass is 378 g/mol. The third-order valence-electron chi connectivity index (χ3n) is 4.24. The normalized spacial score (nSPS) is 12.4. The number of aromatic nitrogens is 3. The molecule has 5 rings (SSSR count). The lowest BCUT2D eigenvalue weighted by molar-refractivity contribution is -0.116. The number of rotatable bonds is 4. The summed E-state index contributed by atoms with van der Waals surface area (Å²) in [5.74, 6) is 1.84. The van der Waals surface area contributed by atoms with Crippen molar-refractivity contribution < 1.29 is 14.3 Å². The quantitative estimate of drug-likeness (QED) is 0.588. The van der Waals surface area contributed by atoms with Gasteiger partial charge in [0, 0.05) is 23.3 Å². The van der Waals surface area contributed by atoms with Crippen molar-refractivity contribution in [3.8, 4) is 22.3 Å². The number of nitrogens with zero attached hydrogens (tertiary/aromatic N) is 3. The van der Waals surface area contributed by atoms with Crippen molar-refractivity contribution in [2.45, 2.75) is 6.54 Å². The van der Waals surface area contributed by atoms with Crippen LogP contribution in [0.1, 0.15) is 0 Å². The Morgan fingerprint density at radius 3 is 2.96 bits per heavy atom. The van der Waals surface area contributed by atoms with Crippen LogP contribution in [0, 0.1) is 0 Å². The van der Waals surface area contributed by atoms with E-state index in [1.54, 1.807) is 24.4 Å². The van der Waals surface area contributed by atoms with Gasteiger partial charge < -0.3 is 19.4 Å². The van der Waals surface area contributed by atoms with Crippen molar-refractivity contribution in [2.75, 3.05) is 12.1 Å². The van der Waals surface area contributed by atoms with Gasteiger partial charge in [0.25, 0.3) is 0 Å². The maximum absolute atomic E-state index is 12.7. The van der Waals surface area contributed by atoms with Crippen LogP contribution in [0.5, 0.6) is 11.5 Å². The first-order chi connectivity index (χ1) is 13.3. The number of fused-ring (bicyclic) bond motifs is 2. The Balaban J connectivity index is 1.45. The molecule has 4 aromatic rings. The van der Waals surface area contributed by atoms with E-state index in [9.17, 15) is 4.79 Å². The fourth-order valence-electron chi connectivity index (χ4n) is 3.05. The van der Waals surface area contributed by atoms with Gasteiger partial charge in [-0.3, -0.25) is 4.79 Å². The fourth-order valence-corrected chi connectivity index (χ4v) is 3.68. The minimum Gasteiger partial charge on any atom is -0.454 e. The average Bonchev–Trinajstić information content (AvgIpc) is 3.41. The Hall–Kier alpha value is -3.39. The van der Waals surface area contributed by atoms with Gasteiger partial charge >= 0.3 is 0 Å². The molecule has 1 aliphatic rings. The molecule has 0 aliphatic carbocycles. The van der Waals surface area contributed by atoms with E-state index in [4.69, 9.17) is 9.47 Å². The number of amides is 1. The lowest BCUT2D eigenvalue weighted by atomic mass is 10.2. The molecule has 1 aliphatic heterocycles. The number of thiazole rings is 1. The summed E-state index contributed by atoms with van der Waals surface area (Å²) in [6, 6.07) is 13.1. The molecule has 0 bridgehead atoms. The van der Waals surface area contributed by atoms with E-state index >= 15 is 0 Å². The number of benzene rings is 2. The first-order valence-electron chi connectivity index (χ1n) is 8.32. The molecule has 0 radical (unpaired) electrons. The third-order valence-corrected chi connectivity index (χ3v) is 5.01. The topological polar surface area (TPSA) is 78.3 Å². The molecule has 1 N–H and O–H groups in total. The number of anilines is 1. The van der Waals surface area contributed by atoms with Gasteiger partial charge in [0.2, 0.25) is 12.7 Å². The zero-order valence-electron chi connectivity index (χ0n) is 14.1. The van der Waals surface area contributed by atoms with Crippen LogP contribution in [-0.2, 0) is 11.3 Å². The molecule has 27 heavy (non-hydrogen) atoms. The highest BCUT2D eigenvalue weighted by molar-refractivity contribution is 7.13. The van der Waals surface area contributed by atoms with Gasteiger partial charge in [-0.25, -0.2) is 9.97 Å². The lowest BCUT2D eigenvalue weighted by Crippen LogP contribution is -2.19. The molecule has 2 aromatic heterocycles. The molecule has 3 heterocycles. The van der Waals surface area contributed by atoms with E-state index in [1.807, 2.05) is 34.2 Å². The highest BCUT2D eigenvalue weighted by Crippen LogP contribution is 2.34. The third kappa shape index (κ3) is 2.89. The molecule has 0 atom stereocenters. The summed E-state index contributed by atoms with van der Waals surface area (Å²) in [7, 11) is 0. The van der Waals surface area contributed by atoms with Gasteiger partial charge in [-0.2, -0.15) is 0 Å². The summed E-state index contributed by atoms with van der Waals surface area (Å²) in [5, 5.41) is 5.58. The van der Waals surface area contributed by atoms with E-state index < -0.39 is 0 Å². The zero-order valence-corrected chi connectivity index (χ0v) is 14.9.